The van der Waals surface area contributed by atoms with Crippen LogP contribution in [0.5, 0.6) is 0 Å². The van der Waals surface area contributed by atoms with Gasteiger partial charge in [0.25, 0.3) is 0 Å². The zero-order chi connectivity index (χ0) is 14.7. The molecule has 1 atom stereocenters. The smallest absolute Gasteiger partial charge is 0.141 e. The monoisotopic (exact) mass is 283 g/mol. The van der Waals surface area contributed by atoms with Gasteiger partial charge in [-0.25, -0.2) is 14.4 Å². The molecule has 6 heteroatoms. The van der Waals surface area contributed by atoms with Crippen molar-refractivity contribution in [1.82, 2.24) is 19.5 Å². The Morgan fingerprint density at radius 2 is 2.10 bits per heavy atom. The fourth-order valence-electron chi connectivity index (χ4n) is 2.02. The second kappa shape index (κ2) is 5.70. The van der Waals surface area contributed by atoms with E-state index in [0.717, 1.165) is 17.1 Å². The number of nitrogens with zero attached hydrogens (tertiary/aromatic N) is 4. The molecule has 0 aliphatic heterocycles. The van der Waals surface area contributed by atoms with Crippen LogP contribution in [-0.2, 0) is 0 Å². The van der Waals surface area contributed by atoms with Crippen LogP contribution in [0.2, 0.25) is 0 Å². The van der Waals surface area contributed by atoms with Crippen LogP contribution in [0.4, 0.5) is 10.1 Å². The standard InChI is InChI=1S/C15H14FN5/c1-11(12-6-13(16)8-18-7-12)20-14-2-3-15(19-9-14)21-5-4-17-10-21/h2-11,20H,1H3. The van der Waals surface area contributed by atoms with Gasteiger partial charge in [-0.05, 0) is 30.7 Å². The van der Waals surface area contributed by atoms with Crippen LogP contribution in [0.3, 0.4) is 0 Å². The molecule has 0 amide bonds. The summed E-state index contributed by atoms with van der Waals surface area (Å²) in [6, 6.07) is 5.22. The molecule has 21 heavy (non-hydrogen) atoms. The summed E-state index contributed by atoms with van der Waals surface area (Å²) >= 11 is 0. The summed E-state index contributed by atoms with van der Waals surface area (Å²) in [6.07, 6.45) is 9.80. The minimum absolute atomic E-state index is 0.0610. The fourth-order valence-corrected chi connectivity index (χ4v) is 2.02. The number of nitrogens with one attached hydrogen (secondary N) is 1. The molecule has 0 radical (unpaired) electrons. The molecule has 106 valence electrons. The summed E-state index contributed by atoms with van der Waals surface area (Å²) in [4.78, 5) is 12.2. The van der Waals surface area contributed by atoms with Crippen LogP contribution in [0, 0.1) is 5.82 Å². The van der Waals surface area contributed by atoms with Gasteiger partial charge in [0.05, 0.1) is 24.1 Å². The largest absolute Gasteiger partial charge is 0.377 e. The molecule has 3 aromatic rings. The van der Waals surface area contributed by atoms with Crippen molar-refractivity contribution in [3.63, 3.8) is 0 Å². The fraction of sp³-hybridized carbons (Fsp3) is 0.133. The van der Waals surface area contributed by atoms with Crippen molar-refractivity contribution in [2.45, 2.75) is 13.0 Å². The molecule has 3 rings (SSSR count). The molecule has 1 unspecified atom stereocenters. The third-order valence-corrected chi connectivity index (χ3v) is 3.13. The number of imidazole rings is 1. The van der Waals surface area contributed by atoms with Gasteiger partial charge in [0.2, 0.25) is 0 Å². The van der Waals surface area contributed by atoms with Gasteiger partial charge in [0.15, 0.2) is 0 Å². The first-order chi connectivity index (χ1) is 10.2. The molecule has 0 saturated heterocycles. The minimum atomic E-state index is -0.338. The van der Waals surface area contributed by atoms with Gasteiger partial charge in [-0.2, -0.15) is 0 Å². The maximum absolute atomic E-state index is 13.2. The number of rotatable bonds is 4. The first-order valence-corrected chi connectivity index (χ1v) is 6.54. The van der Waals surface area contributed by atoms with Crippen LogP contribution in [0.15, 0.2) is 55.5 Å². The quantitative estimate of drug-likeness (QED) is 0.799. The molecule has 0 spiro atoms. The van der Waals surface area contributed by atoms with E-state index in [-0.39, 0.29) is 11.9 Å². The zero-order valence-electron chi connectivity index (χ0n) is 11.4. The maximum Gasteiger partial charge on any atom is 0.141 e. The third kappa shape index (κ3) is 3.05. The Balaban J connectivity index is 1.73. The summed E-state index contributed by atoms with van der Waals surface area (Å²) in [5.74, 6) is 0.452. The van der Waals surface area contributed by atoms with Gasteiger partial charge in [-0.1, -0.05) is 0 Å². The number of anilines is 1. The first kappa shape index (κ1) is 13.2. The number of hydrogen-bond donors (Lipinski definition) is 1. The van der Waals surface area contributed by atoms with Crippen LogP contribution >= 0.6 is 0 Å². The SMILES string of the molecule is CC(Nc1ccc(-n2ccnc2)nc1)c1cncc(F)c1. The number of hydrogen-bond acceptors (Lipinski definition) is 4. The molecule has 0 saturated carbocycles. The Morgan fingerprint density at radius 3 is 2.76 bits per heavy atom. The molecular weight excluding hydrogens is 269 g/mol. The molecule has 3 heterocycles. The third-order valence-electron chi connectivity index (χ3n) is 3.13. The summed E-state index contributed by atoms with van der Waals surface area (Å²) in [5, 5.41) is 3.26. The lowest BCUT2D eigenvalue weighted by molar-refractivity contribution is 0.616. The van der Waals surface area contributed by atoms with E-state index in [9.17, 15) is 4.39 Å². The molecular formula is C15H14FN5. The van der Waals surface area contributed by atoms with Crippen LogP contribution in [0.1, 0.15) is 18.5 Å². The number of pyridine rings is 2. The average molecular weight is 283 g/mol. The van der Waals surface area contributed by atoms with E-state index in [1.165, 1.54) is 12.3 Å². The molecule has 1 N–H and O–H groups in total. The summed E-state index contributed by atoms with van der Waals surface area (Å²) < 4.78 is 15.0. The van der Waals surface area contributed by atoms with Crippen molar-refractivity contribution in [2.75, 3.05) is 5.32 Å². The Bertz CT molecular complexity index is 709. The highest BCUT2D eigenvalue weighted by Crippen LogP contribution is 2.19. The van der Waals surface area contributed by atoms with Crippen LogP contribution in [0.25, 0.3) is 5.82 Å². The van der Waals surface area contributed by atoms with E-state index in [4.69, 9.17) is 0 Å². The Labute approximate surface area is 121 Å². The van der Waals surface area contributed by atoms with Gasteiger partial charge >= 0.3 is 0 Å². The van der Waals surface area contributed by atoms with Crippen molar-refractivity contribution in [2.24, 2.45) is 0 Å². The van der Waals surface area contributed by atoms with E-state index < -0.39 is 0 Å². The molecule has 0 aliphatic carbocycles. The normalized spacial score (nSPS) is 12.1. The lowest BCUT2D eigenvalue weighted by atomic mass is 10.1. The number of aromatic nitrogens is 4. The lowest BCUT2D eigenvalue weighted by Gasteiger charge is -2.15. The maximum atomic E-state index is 13.2. The van der Waals surface area contributed by atoms with Gasteiger partial charge in [-0.15, -0.1) is 0 Å². The Morgan fingerprint density at radius 1 is 1.19 bits per heavy atom. The van der Waals surface area contributed by atoms with Crippen molar-refractivity contribution in [3.8, 4) is 5.82 Å². The Kier molecular flexibility index (Phi) is 3.59. The van der Waals surface area contributed by atoms with Crippen molar-refractivity contribution in [1.29, 1.82) is 0 Å². The van der Waals surface area contributed by atoms with Crippen molar-refractivity contribution < 1.29 is 4.39 Å². The Hall–Kier alpha value is -2.76. The predicted molar refractivity (Wildman–Crippen MR) is 77.6 cm³/mol. The highest BCUT2D eigenvalue weighted by Gasteiger charge is 2.07. The van der Waals surface area contributed by atoms with Gasteiger partial charge in [0.1, 0.15) is 18.0 Å². The van der Waals surface area contributed by atoms with Crippen LogP contribution < -0.4 is 5.32 Å². The van der Waals surface area contributed by atoms with E-state index in [0.29, 0.717) is 0 Å². The minimum Gasteiger partial charge on any atom is -0.377 e. The highest BCUT2D eigenvalue weighted by atomic mass is 19.1. The van der Waals surface area contributed by atoms with Gasteiger partial charge in [-0.3, -0.25) is 9.55 Å². The zero-order valence-corrected chi connectivity index (χ0v) is 11.4. The lowest BCUT2D eigenvalue weighted by Crippen LogP contribution is -2.08. The van der Waals surface area contributed by atoms with Gasteiger partial charge < -0.3 is 5.32 Å². The van der Waals surface area contributed by atoms with E-state index >= 15 is 0 Å². The van der Waals surface area contributed by atoms with Crippen molar-refractivity contribution in [3.05, 3.63) is 66.9 Å². The first-order valence-electron chi connectivity index (χ1n) is 6.54. The molecule has 0 fully saturated rings. The molecule has 5 nitrogen and oxygen atoms in total. The summed E-state index contributed by atoms with van der Waals surface area (Å²) in [6.45, 7) is 1.94. The molecule has 0 aromatic carbocycles. The molecule has 0 bridgehead atoms. The highest BCUT2D eigenvalue weighted by molar-refractivity contribution is 5.45. The molecule has 3 aromatic heterocycles. The van der Waals surface area contributed by atoms with Crippen LogP contribution in [-0.4, -0.2) is 19.5 Å². The summed E-state index contributed by atoms with van der Waals surface area (Å²) in [5.41, 5.74) is 1.64. The van der Waals surface area contributed by atoms with E-state index in [1.807, 2.05) is 29.8 Å². The average Bonchev–Trinajstić information content (AvgIpc) is 3.02. The second-order valence-electron chi connectivity index (χ2n) is 4.68. The van der Waals surface area contributed by atoms with E-state index in [1.54, 1.807) is 24.9 Å². The second-order valence-corrected chi connectivity index (χ2v) is 4.68. The topological polar surface area (TPSA) is 55.6 Å². The summed E-state index contributed by atoms with van der Waals surface area (Å²) in [7, 11) is 0. The number of halogens is 1. The van der Waals surface area contributed by atoms with E-state index in [2.05, 4.69) is 20.3 Å². The van der Waals surface area contributed by atoms with Crippen molar-refractivity contribution >= 4 is 5.69 Å². The molecule has 0 aliphatic rings. The predicted octanol–water partition coefficient (Wildman–Crippen LogP) is 2.97. The van der Waals surface area contributed by atoms with Gasteiger partial charge in [0, 0.05) is 18.6 Å².